The lowest BCUT2D eigenvalue weighted by Crippen LogP contribution is -2.20. The second kappa shape index (κ2) is 9.65. The molecule has 2 aromatic heterocycles. The van der Waals surface area contributed by atoms with Gasteiger partial charge in [-0.25, -0.2) is 14.4 Å². The number of ether oxygens (including phenoxy) is 1. The van der Waals surface area contributed by atoms with Crippen molar-refractivity contribution in [1.29, 1.82) is 0 Å². The van der Waals surface area contributed by atoms with Gasteiger partial charge in [-0.15, -0.1) is 0 Å². The average Bonchev–Trinajstić information content (AvgIpc) is 2.82. The summed E-state index contributed by atoms with van der Waals surface area (Å²) in [6.45, 7) is 1.75. The van der Waals surface area contributed by atoms with E-state index >= 15 is 0 Å². The van der Waals surface area contributed by atoms with Crippen LogP contribution in [0, 0.1) is 12.7 Å². The number of benzene rings is 2. The largest absolute Gasteiger partial charge is 0.484 e. The summed E-state index contributed by atoms with van der Waals surface area (Å²) in [5, 5.41) is 5.99. The van der Waals surface area contributed by atoms with E-state index in [2.05, 4.69) is 25.6 Å². The zero-order chi connectivity index (χ0) is 22.3. The molecule has 7 nitrogen and oxygen atoms in total. The quantitative estimate of drug-likeness (QED) is 0.441. The highest BCUT2D eigenvalue weighted by molar-refractivity contribution is 5.92. The molecule has 0 bridgehead atoms. The molecule has 0 aliphatic rings. The van der Waals surface area contributed by atoms with E-state index in [0.29, 0.717) is 17.4 Å². The van der Waals surface area contributed by atoms with Crippen LogP contribution in [-0.2, 0) is 4.79 Å². The fourth-order valence-corrected chi connectivity index (χ4v) is 2.93. The molecule has 2 N–H and O–H groups in total. The first kappa shape index (κ1) is 20.9. The van der Waals surface area contributed by atoms with Crippen molar-refractivity contribution >= 4 is 23.2 Å². The summed E-state index contributed by atoms with van der Waals surface area (Å²) in [4.78, 5) is 25.2. The van der Waals surface area contributed by atoms with Crippen LogP contribution in [0.15, 0.2) is 79.3 Å². The molecule has 0 unspecified atom stereocenters. The monoisotopic (exact) mass is 429 g/mol. The van der Waals surface area contributed by atoms with Crippen molar-refractivity contribution < 1.29 is 13.9 Å². The van der Waals surface area contributed by atoms with Crippen LogP contribution in [0.5, 0.6) is 5.75 Å². The maximum atomic E-state index is 13.0. The van der Waals surface area contributed by atoms with Crippen LogP contribution in [-0.4, -0.2) is 27.5 Å². The SMILES string of the molecule is Cc1ccc(NC(=O)COc2ccc(F)cc2)cc1Nc1nccc(-c2cccnc2)n1. The molecule has 0 fully saturated rings. The summed E-state index contributed by atoms with van der Waals surface area (Å²) in [5.74, 6) is 0.145. The lowest BCUT2D eigenvalue weighted by Gasteiger charge is -2.12. The predicted octanol–water partition coefficient (Wildman–Crippen LogP) is 4.75. The number of rotatable bonds is 7. The van der Waals surface area contributed by atoms with Crippen LogP contribution in [0.4, 0.5) is 21.7 Å². The zero-order valence-electron chi connectivity index (χ0n) is 17.2. The molecule has 0 saturated heterocycles. The van der Waals surface area contributed by atoms with Gasteiger partial charge in [-0.2, -0.15) is 0 Å². The van der Waals surface area contributed by atoms with Gasteiger partial charge in [-0.05, 0) is 67.1 Å². The van der Waals surface area contributed by atoms with Crippen LogP contribution in [0.3, 0.4) is 0 Å². The molecule has 160 valence electrons. The van der Waals surface area contributed by atoms with E-state index in [1.165, 1.54) is 24.3 Å². The summed E-state index contributed by atoms with van der Waals surface area (Å²) in [7, 11) is 0. The van der Waals surface area contributed by atoms with Crippen molar-refractivity contribution in [1.82, 2.24) is 15.0 Å². The number of hydrogen-bond donors (Lipinski definition) is 2. The van der Waals surface area contributed by atoms with Crippen molar-refractivity contribution in [2.45, 2.75) is 6.92 Å². The Balaban J connectivity index is 1.42. The maximum absolute atomic E-state index is 13.0. The van der Waals surface area contributed by atoms with Gasteiger partial charge in [0, 0.05) is 35.5 Å². The number of amides is 1. The van der Waals surface area contributed by atoms with Crippen LogP contribution in [0.25, 0.3) is 11.3 Å². The highest BCUT2D eigenvalue weighted by Gasteiger charge is 2.08. The average molecular weight is 429 g/mol. The molecule has 0 aliphatic carbocycles. The van der Waals surface area contributed by atoms with Crippen LogP contribution >= 0.6 is 0 Å². The van der Waals surface area contributed by atoms with E-state index in [9.17, 15) is 9.18 Å². The normalized spacial score (nSPS) is 10.4. The van der Waals surface area contributed by atoms with Gasteiger partial charge in [-0.3, -0.25) is 9.78 Å². The molecule has 2 heterocycles. The van der Waals surface area contributed by atoms with Gasteiger partial charge >= 0.3 is 0 Å². The molecular weight excluding hydrogens is 409 g/mol. The number of carbonyl (C=O) groups is 1. The Morgan fingerprint density at radius 1 is 1.06 bits per heavy atom. The van der Waals surface area contributed by atoms with Crippen LogP contribution in [0.1, 0.15) is 5.56 Å². The summed E-state index contributed by atoms with van der Waals surface area (Å²) < 4.78 is 18.3. The Kier molecular flexibility index (Phi) is 6.31. The lowest BCUT2D eigenvalue weighted by atomic mass is 10.1. The van der Waals surface area contributed by atoms with E-state index in [1.54, 1.807) is 30.7 Å². The van der Waals surface area contributed by atoms with Crippen LogP contribution in [0.2, 0.25) is 0 Å². The molecule has 2 aromatic carbocycles. The number of aryl methyl sites for hydroxylation is 1. The smallest absolute Gasteiger partial charge is 0.262 e. The van der Waals surface area contributed by atoms with Crippen molar-refractivity contribution in [3.8, 4) is 17.0 Å². The molecule has 0 saturated carbocycles. The molecule has 0 atom stereocenters. The highest BCUT2D eigenvalue weighted by atomic mass is 19.1. The number of carbonyl (C=O) groups excluding carboxylic acids is 1. The van der Waals surface area contributed by atoms with Crippen LogP contribution < -0.4 is 15.4 Å². The molecule has 0 aliphatic heterocycles. The first-order chi connectivity index (χ1) is 15.6. The number of nitrogens with one attached hydrogen (secondary N) is 2. The third-order valence-electron chi connectivity index (χ3n) is 4.56. The van der Waals surface area contributed by atoms with E-state index in [4.69, 9.17) is 4.74 Å². The minimum Gasteiger partial charge on any atom is -0.484 e. The second-order valence-corrected chi connectivity index (χ2v) is 6.95. The number of anilines is 3. The van der Waals surface area contributed by atoms with Gasteiger partial charge in [0.2, 0.25) is 5.95 Å². The minimum absolute atomic E-state index is 0.196. The zero-order valence-corrected chi connectivity index (χ0v) is 17.2. The highest BCUT2D eigenvalue weighted by Crippen LogP contribution is 2.24. The van der Waals surface area contributed by atoms with Gasteiger partial charge < -0.3 is 15.4 Å². The first-order valence-corrected chi connectivity index (χ1v) is 9.86. The molecule has 8 heteroatoms. The van der Waals surface area contributed by atoms with Crippen molar-refractivity contribution in [3.63, 3.8) is 0 Å². The summed E-state index contributed by atoms with van der Waals surface area (Å²) in [6, 6.07) is 16.5. The summed E-state index contributed by atoms with van der Waals surface area (Å²) >= 11 is 0. The molecule has 0 radical (unpaired) electrons. The number of hydrogen-bond acceptors (Lipinski definition) is 6. The van der Waals surface area contributed by atoms with Crippen molar-refractivity contribution in [3.05, 3.63) is 90.6 Å². The Bertz CT molecular complexity index is 1220. The molecule has 1 amide bonds. The molecule has 4 aromatic rings. The Labute approximate surface area is 184 Å². The van der Waals surface area contributed by atoms with E-state index in [1.807, 2.05) is 31.2 Å². The standard InChI is InChI=1S/C24H20FN5O2/c1-16-4-7-19(28-23(31)15-32-20-8-5-18(25)6-9-20)13-22(16)30-24-27-12-10-21(29-24)17-3-2-11-26-14-17/h2-14H,15H2,1H3,(H,28,31)(H,27,29,30). The molecule has 4 rings (SSSR count). The fourth-order valence-electron chi connectivity index (χ4n) is 2.93. The Hall–Kier alpha value is -4.33. The second-order valence-electron chi connectivity index (χ2n) is 6.95. The van der Waals surface area contributed by atoms with E-state index in [-0.39, 0.29) is 18.3 Å². The van der Waals surface area contributed by atoms with E-state index in [0.717, 1.165) is 22.5 Å². The number of pyridine rings is 1. The third kappa shape index (κ3) is 5.42. The van der Waals surface area contributed by atoms with Gasteiger partial charge in [0.1, 0.15) is 11.6 Å². The van der Waals surface area contributed by atoms with Gasteiger partial charge in [0.25, 0.3) is 5.91 Å². The summed E-state index contributed by atoms with van der Waals surface area (Å²) in [6.07, 6.45) is 5.12. The predicted molar refractivity (Wildman–Crippen MR) is 120 cm³/mol. The number of halogens is 1. The van der Waals surface area contributed by atoms with Gasteiger partial charge in [0.05, 0.1) is 5.69 Å². The lowest BCUT2D eigenvalue weighted by molar-refractivity contribution is -0.118. The summed E-state index contributed by atoms with van der Waals surface area (Å²) in [5.41, 5.74) is 3.94. The van der Waals surface area contributed by atoms with Crippen molar-refractivity contribution in [2.24, 2.45) is 0 Å². The maximum Gasteiger partial charge on any atom is 0.262 e. The van der Waals surface area contributed by atoms with Crippen molar-refractivity contribution in [2.75, 3.05) is 17.2 Å². The van der Waals surface area contributed by atoms with Gasteiger partial charge in [-0.1, -0.05) is 6.07 Å². The minimum atomic E-state index is -0.364. The molecular formula is C24H20FN5O2. The number of aromatic nitrogens is 3. The molecule has 0 spiro atoms. The topological polar surface area (TPSA) is 89.0 Å². The number of nitrogens with zero attached hydrogens (tertiary/aromatic N) is 3. The van der Waals surface area contributed by atoms with Gasteiger partial charge in [0.15, 0.2) is 6.61 Å². The van der Waals surface area contributed by atoms with E-state index < -0.39 is 0 Å². The first-order valence-electron chi connectivity index (χ1n) is 9.86. The molecule has 32 heavy (non-hydrogen) atoms. The Morgan fingerprint density at radius 2 is 1.91 bits per heavy atom. The third-order valence-corrected chi connectivity index (χ3v) is 4.56. The Morgan fingerprint density at radius 3 is 2.69 bits per heavy atom. The fraction of sp³-hybridized carbons (Fsp3) is 0.0833.